The lowest BCUT2D eigenvalue weighted by Gasteiger charge is -2.35. The summed E-state index contributed by atoms with van der Waals surface area (Å²) in [4.78, 5) is 25.5. The van der Waals surface area contributed by atoms with Gasteiger partial charge in [0.05, 0.1) is 21.2 Å². The largest absolute Gasteiger partial charge is 0.401 e. The molecule has 0 aliphatic heterocycles. The molecular formula is C22H21ClF4N2O4S. The second-order valence-electron chi connectivity index (χ2n) is 9.47. The third kappa shape index (κ3) is 4.31. The average Bonchev–Trinajstić information content (AvgIpc) is 3.67. The predicted molar refractivity (Wildman–Crippen MR) is 112 cm³/mol. The van der Waals surface area contributed by atoms with Gasteiger partial charge in [-0.2, -0.15) is 18.4 Å². The number of benzene rings is 1. The average molecular weight is 521 g/mol. The summed E-state index contributed by atoms with van der Waals surface area (Å²) in [6, 6.07) is 4.62. The molecule has 0 saturated heterocycles. The van der Waals surface area contributed by atoms with Crippen molar-refractivity contribution in [3.05, 3.63) is 29.0 Å². The molecule has 1 aromatic carbocycles. The lowest BCUT2D eigenvalue weighted by molar-refractivity contribution is -0.194. The van der Waals surface area contributed by atoms with Crippen molar-refractivity contribution in [1.29, 1.82) is 5.26 Å². The highest BCUT2D eigenvalue weighted by Gasteiger charge is 2.69. The Morgan fingerprint density at radius 2 is 1.71 bits per heavy atom. The van der Waals surface area contributed by atoms with Gasteiger partial charge in [0, 0.05) is 11.8 Å². The molecule has 1 unspecified atom stereocenters. The third-order valence-corrected chi connectivity index (χ3v) is 9.79. The summed E-state index contributed by atoms with van der Waals surface area (Å²) < 4.78 is 81.0. The maximum atomic E-state index is 13.6. The molecule has 3 fully saturated rings. The van der Waals surface area contributed by atoms with Crippen LogP contribution in [0.3, 0.4) is 0 Å². The van der Waals surface area contributed by atoms with Gasteiger partial charge in [-0.05, 0) is 63.1 Å². The van der Waals surface area contributed by atoms with Gasteiger partial charge in [-0.25, -0.2) is 12.8 Å². The molecule has 0 heterocycles. The summed E-state index contributed by atoms with van der Waals surface area (Å²) in [6.45, 7) is 0. The van der Waals surface area contributed by atoms with E-state index in [1.54, 1.807) is 0 Å². The van der Waals surface area contributed by atoms with Gasteiger partial charge in [0.25, 0.3) is 0 Å². The standard InChI is InChI=1S/C22H21ClF4N2O4S/c23-16-10-14(24)1-2-17(16)34(32,33)15-8-12(18(30)21(5-6-21)22(25,26)27)7-13(9-15)19(31)29-20(11-28)3-4-20/h1-2,10,12-13,15H,3-9H2,(H,29,31)/t12?,13-,15-/m0/s1. The molecule has 3 atom stereocenters. The summed E-state index contributed by atoms with van der Waals surface area (Å²) in [5.41, 5.74) is -3.57. The zero-order valence-electron chi connectivity index (χ0n) is 17.8. The first kappa shape index (κ1) is 24.9. The number of sulfone groups is 1. The molecule has 0 bridgehead atoms. The lowest BCUT2D eigenvalue weighted by atomic mass is 9.74. The van der Waals surface area contributed by atoms with Gasteiger partial charge in [-0.15, -0.1) is 0 Å². The Labute approximate surface area is 198 Å². The number of nitrogens with one attached hydrogen (secondary N) is 1. The Hall–Kier alpha value is -2.19. The molecule has 3 aliphatic rings. The number of carbonyl (C=O) groups excluding carboxylic acids is 2. The number of ketones is 1. The number of halogens is 5. The quantitative estimate of drug-likeness (QED) is 0.449. The third-order valence-electron chi connectivity index (χ3n) is 7.14. The van der Waals surface area contributed by atoms with Gasteiger partial charge in [0.15, 0.2) is 15.6 Å². The predicted octanol–water partition coefficient (Wildman–Crippen LogP) is 4.12. The first-order chi connectivity index (χ1) is 15.7. The minimum atomic E-state index is -4.77. The number of hydrogen-bond acceptors (Lipinski definition) is 5. The van der Waals surface area contributed by atoms with E-state index in [0.717, 1.165) is 18.2 Å². The van der Waals surface area contributed by atoms with Crippen molar-refractivity contribution >= 4 is 33.1 Å². The van der Waals surface area contributed by atoms with Gasteiger partial charge < -0.3 is 5.32 Å². The van der Waals surface area contributed by atoms with E-state index in [1.807, 2.05) is 6.07 Å². The molecule has 34 heavy (non-hydrogen) atoms. The fourth-order valence-electron chi connectivity index (χ4n) is 4.75. The second-order valence-corrected chi connectivity index (χ2v) is 12.1. The van der Waals surface area contributed by atoms with Gasteiger partial charge >= 0.3 is 6.18 Å². The molecule has 1 aromatic rings. The van der Waals surface area contributed by atoms with Gasteiger partial charge in [-0.1, -0.05) is 11.6 Å². The van der Waals surface area contributed by atoms with E-state index in [9.17, 15) is 40.8 Å². The molecule has 6 nitrogen and oxygen atoms in total. The van der Waals surface area contributed by atoms with E-state index >= 15 is 0 Å². The molecule has 3 saturated carbocycles. The molecular weight excluding hydrogens is 500 g/mol. The minimum absolute atomic E-state index is 0.243. The van der Waals surface area contributed by atoms with Crippen LogP contribution in [0.4, 0.5) is 17.6 Å². The van der Waals surface area contributed by atoms with Crippen LogP contribution in [0.25, 0.3) is 0 Å². The number of carbonyl (C=O) groups is 2. The number of alkyl halides is 3. The highest BCUT2D eigenvalue weighted by molar-refractivity contribution is 7.92. The second kappa shape index (κ2) is 8.19. The fraction of sp³-hybridized carbons (Fsp3) is 0.591. The maximum absolute atomic E-state index is 13.6. The number of nitrogens with zero attached hydrogens (tertiary/aromatic N) is 1. The van der Waals surface area contributed by atoms with E-state index in [2.05, 4.69) is 5.32 Å². The Balaban J connectivity index is 1.66. The first-order valence-corrected chi connectivity index (χ1v) is 12.7. The molecule has 3 aliphatic carbocycles. The smallest absolute Gasteiger partial charge is 0.338 e. The highest BCUT2D eigenvalue weighted by atomic mass is 35.5. The zero-order valence-corrected chi connectivity index (χ0v) is 19.4. The number of nitriles is 1. The van der Waals surface area contributed by atoms with Crippen LogP contribution < -0.4 is 5.32 Å². The molecule has 0 spiro atoms. The van der Waals surface area contributed by atoms with Crippen LogP contribution in [0.1, 0.15) is 44.9 Å². The number of Topliss-reactive ketones (excluding diaryl/α,β-unsaturated/α-hetero) is 1. The van der Waals surface area contributed by atoms with Crippen LogP contribution >= 0.6 is 11.6 Å². The Morgan fingerprint density at radius 1 is 1.09 bits per heavy atom. The van der Waals surface area contributed by atoms with E-state index in [0.29, 0.717) is 12.8 Å². The molecule has 1 N–H and O–H groups in total. The van der Waals surface area contributed by atoms with Crippen LogP contribution in [-0.4, -0.2) is 37.1 Å². The van der Waals surface area contributed by atoms with Crippen molar-refractivity contribution in [2.75, 3.05) is 0 Å². The van der Waals surface area contributed by atoms with Gasteiger partial charge in [0.1, 0.15) is 16.8 Å². The Kier molecular flexibility index (Phi) is 6.00. The van der Waals surface area contributed by atoms with Crippen LogP contribution in [0.2, 0.25) is 5.02 Å². The molecule has 12 heteroatoms. The van der Waals surface area contributed by atoms with Crippen molar-refractivity contribution in [3.63, 3.8) is 0 Å². The van der Waals surface area contributed by atoms with Crippen LogP contribution in [0, 0.1) is 34.4 Å². The first-order valence-electron chi connectivity index (χ1n) is 10.8. The SMILES string of the molecule is N#CC1(NC(=O)[C@H]2CC(C(=O)C3(C(F)(F)F)CC3)C[C@H](S(=O)(=O)c3ccc(F)cc3Cl)C2)CC1. The molecule has 184 valence electrons. The summed E-state index contributed by atoms with van der Waals surface area (Å²) in [5, 5.41) is 10.0. The monoisotopic (exact) mass is 520 g/mol. The topological polar surface area (TPSA) is 104 Å². The molecule has 0 aromatic heterocycles. The van der Waals surface area contributed by atoms with Gasteiger partial charge in [-0.3, -0.25) is 9.59 Å². The molecule has 0 radical (unpaired) electrons. The Bertz CT molecular complexity index is 1190. The molecule has 4 rings (SSSR count). The normalized spacial score (nSPS) is 27.4. The van der Waals surface area contributed by atoms with Crippen molar-refractivity contribution in [3.8, 4) is 6.07 Å². The van der Waals surface area contributed by atoms with Crippen molar-refractivity contribution < 1.29 is 35.6 Å². The van der Waals surface area contributed by atoms with E-state index in [4.69, 9.17) is 11.6 Å². The van der Waals surface area contributed by atoms with Crippen LogP contribution in [0.15, 0.2) is 23.1 Å². The Morgan fingerprint density at radius 3 is 2.21 bits per heavy atom. The number of hydrogen-bond donors (Lipinski definition) is 1. The highest BCUT2D eigenvalue weighted by Crippen LogP contribution is 2.60. The summed E-state index contributed by atoms with van der Waals surface area (Å²) >= 11 is 5.94. The minimum Gasteiger partial charge on any atom is -0.338 e. The number of rotatable bonds is 6. The van der Waals surface area contributed by atoms with Crippen LogP contribution in [0.5, 0.6) is 0 Å². The van der Waals surface area contributed by atoms with Crippen molar-refractivity contribution in [1.82, 2.24) is 5.32 Å². The van der Waals surface area contributed by atoms with Crippen molar-refractivity contribution in [2.45, 2.75) is 66.8 Å². The summed E-state index contributed by atoms with van der Waals surface area (Å²) in [7, 11) is -4.31. The maximum Gasteiger partial charge on any atom is 0.401 e. The van der Waals surface area contributed by atoms with E-state index in [1.165, 1.54) is 0 Å². The lowest BCUT2D eigenvalue weighted by Crippen LogP contribution is -2.47. The van der Waals surface area contributed by atoms with Crippen LogP contribution in [-0.2, 0) is 19.4 Å². The zero-order chi connectivity index (χ0) is 25.1. The summed E-state index contributed by atoms with van der Waals surface area (Å²) in [6.07, 6.45) is -5.60. The fourth-order valence-corrected chi connectivity index (χ4v) is 7.16. The molecule has 1 amide bonds. The summed E-state index contributed by atoms with van der Waals surface area (Å²) in [5.74, 6) is -4.95. The van der Waals surface area contributed by atoms with Crippen molar-refractivity contribution in [2.24, 2.45) is 17.3 Å². The van der Waals surface area contributed by atoms with E-state index < -0.39 is 77.9 Å². The number of amides is 1. The van der Waals surface area contributed by atoms with E-state index in [-0.39, 0.29) is 25.7 Å². The van der Waals surface area contributed by atoms with Gasteiger partial charge in [0.2, 0.25) is 5.91 Å².